The number of anilines is 1. The number of aromatic nitrogens is 6. The summed E-state index contributed by atoms with van der Waals surface area (Å²) in [4.78, 5) is 16.0. The molecule has 3 aliphatic rings. The number of halogens is 3. The maximum absolute atomic E-state index is 13.5. The Hall–Kier alpha value is -3.30. The summed E-state index contributed by atoms with van der Waals surface area (Å²) in [5.41, 5.74) is -0.999. The van der Waals surface area contributed by atoms with Crippen LogP contribution in [0.5, 0.6) is 0 Å². The summed E-state index contributed by atoms with van der Waals surface area (Å²) in [5, 5.41) is 35.9. The number of aliphatic hydroxyl groups excluding tert-OH is 2. The van der Waals surface area contributed by atoms with Crippen LogP contribution in [0.2, 0.25) is 0 Å². The van der Waals surface area contributed by atoms with Crippen LogP contribution in [0.25, 0.3) is 10.8 Å². The van der Waals surface area contributed by atoms with E-state index >= 15 is 0 Å². The van der Waals surface area contributed by atoms with Crippen molar-refractivity contribution < 1.29 is 23.4 Å². The number of allylic oxidation sites excluding steroid dienone is 1. The minimum absolute atomic E-state index is 0.00562. The molecule has 2 fully saturated rings. The fraction of sp³-hybridized carbons (Fsp3) is 0.593. The van der Waals surface area contributed by atoms with E-state index in [9.17, 15) is 23.4 Å². The van der Waals surface area contributed by atoms with Gasteiger partial charge in [0.05, 0.1) is 24.3 Å². The monoisotopic (exact) mass is 605 g/mol. The Kier molecular flexibility index (Phi) is 7.38. The van der Waals surface area contributed by atoms with Crippen molar-refractivity contribution in [1.29, 1.82) is 0 Å². The van der Waals surface area contributed by atoms with E-state index in [1.807, 2.05) is 10.8 Å². The number of rotatable bonds is 9. The Bertz CT molecular complexity index is 1490. The quantitative estimate of drug-likeness (QED) is 0.325. The first-order valence-electron chi connectivity index (χ1n) is 14.1. The summed E-state index contributed by atoms with van der Waals surface area (Å²) in [6.45, 7) is 3.99. The highest BCUT2D eigenvalue weighted by molar-refractivity contribution is 7.13. The van der Waals surface area contributed by atoms with Gasteiger partial charge in [0.2, 0.25) is 0 Å². The van der Waals surface area contributed by atoms with Crippen LogP contribution in [-0.2, 0) is 5.54 Å². The number of thiazole rings is 1. The predicted octanol–water partition coefficient (Wildman–Crippen LogP) is 4.50. The zero-order chi connectivity index (χ0) is 29.7. The molecule has 3 N–H and O–H groups in total. The second-order valence-corrected chi connectivity index (χ2v) is 12.2. The highest BCUT2D eigenvalue weighted by Gasteiger charge is 2.60. The predicted molar refractivity (Wildman–Crippen MR) is 152 cm³/mol. The Balaban J connectivity index is 1.39. The molecule has 0 radical (unpaired) electrons. The van der Waals surface area contributed by atoms with Gasteiger partial charge in [-0.1, -0.05) is 6.42 Å². The molecule has 2 aliphatic heterocycles. The zero-order valence-electron chi connectivity index (χ0n) is 23.4. The molecule has 3 aromatic heterocycles. The van der Waals surface area contributed by atoms with Gasteiger partial charge in [0.1, 0.15) is 35.0 Å². The third-order valence-electron chi connectivity index (χ3n) is 8.81. The number of nitrogens with zero attached hydrogens (tertiary/aromatic N) is 8. The molecule has 42 heavy (non-hydrogen) atoms. The number of alkyl halides is 3. The van der Waals surface area contributed by atoms with Gasteiger partial charge in [-0.25, -0.2) is 9.97 Å². The number of aliphatic imine (C=N–C) groups is 1. The van der Waals surface area contributed by atoms with Crippen LogP contribution in [0.1, 0.15) is 63.6 Å². The number of hydrogen-bond donors (Lipinski definition) is 3. The van der Waals surface area contributed by atoms with Crippen LogP contribution in [-0.4, -0.2) is 88.6 Å². The van der Waals surface area contributed by atoms with Gasteiger partial charge in [-0.3, -0.25) is 14.5 Å². The van der Waals surface area contributed by atoms with Gasteiger partial charge < -0.3 is 20.1 Å². The zero-order valence-corrected chi connectivity index (χ0v) is 24.2. The second-order valence-electron chi connectivity index (χ2n) is 11.3. The molecule has 11 nitrogen and oxygen atoms in total. The van der Waals surface area contributed by atoms with Gasteiger partial charge in [0, 0.05) is 30.3 Å². The summed E-state index contributed by atoms with van der Waals surface area (Å²) in [5.74, 6) is 0.783. The van der Waals surface area contributed by atoms with Gasteiger partial charge in [0.15, 0.2) is 10.8 Å². The topological polar surface area (TPSA) is 130 Å². The lowest BCUT2D eigenvalue weighted by Gasteiger charge is -2.55. The van der Waals surface area contributed by atoms with E-state index in [0.29, 0.717) is 17.4 Å². The largest absolute Gasteiger partial charge is 0.508 e. The Labute approximate surface area is 244 Å². The molecule has 226 valence electrons. The summed E-state index contributed by atoms with van der Waals surface area (Å²) in [7, 11) is 0. The van der Waals surface area contributed by atoms with Crippen molar-refractivity contribution in [3.05, 3.63) is 41.4 Å². The van der Waals surface area contributed by atoms with Crippen LogP contribution in [0, 0.1) is 0 Å². The second kappa shape index (κ2) is 10.8. The maximum Gasteiger partial charge on any atom is 0.408 e. The lowest BCUT2D eigenvalue weighted by atomic mass is 9.71. The number of likely N-dealkylation sites (tertiary alicyclic amines) is 1. The molecular formula is C27H34F3N9O2S. The summed E-state index contributed by atoms with van der Waals surface area (Å²) < 4.78 is 43.2. The number of nitrogens with one attached hydrogen (secondary N) is 1. The molecule has 1 saturated heterocycles. The molecule has 2 unspecified atom stereocenters. The van der Waals surface area contributed by atoms with Gasteiger partial charge in [-0.05, 0) is 52.6 Å². The van der Waals surface area contributed by atoms with Crippen molar-refractivity contribution >= 4 is 23.4 Å². The molecule has 6 rings (SSSR count). The van der Waals surface area contributed by atoms with Crippen molar-refractivity contribution in [1.82, 2.24) is 34.2 Å². The third kappa shape index (κ3) is 4.71. The molecule has 1 saturated carbocycles. The van der Waals surface area contributed by atoms with Crippen molar-refractivity contribution in [2.75, 3.05) is 31.6 Å². The van der Waals surface area contributed by atoms with E-state index in [1.54, 1.807) is 24.8 Å². The van der Waals surface area contributed by atoms with E-state index in [-0.39, 0.29) is 29.7 Å². The smallest absolute Gasteiger partial charge is 0.408 e. The van der Waals surface area contributed by atoms with Crippen LogP contribution < -0.4 is 5.32 Å². The van der Waals surface area contributed by atoms with Crippen LogP contribution in [0.15, 0.2) is 40.7 Å². The van der Waals surface area contributed by atoms with Crippen LogP contribution >= 0.6 is 11.3 Å². The molecule has 0 aromatic carbocycles. The fourth-order valence-corrected chi connectivity index (χ4v) is 6.87. The average molecular weight is 606 g/mol. The standard InChI is InChI=1S/C27H34F3N9O2S/c1-17-22(41)26(38-10-20(33-15-38)19-6-7-19,25(14-40,12-31-17)37-8-4-3-5-9-37)13-32-21-11-42-24(35-21)23-36-34-16-39(23)18(2)27(28,29)30/h10-12,15-16,18-19,32,40-41H,3-9,13-14H2,1-2H3/t18?,25?,26-/m1/s1. The summed E-state index contributed by atoms with van der Waals surface area (Å²) in [6.07, 6.45) is 7.08. The first-order chi connectivity index (χ1) is 20.1. The first kappa shape index (κ1) is 28.8. The number of piperidine rings is 1. The van der Waals surface area contributed by atoms with Gasteiger partial charge in [-0.15, -0.1) is 21.5 Å². The Morgan fingerprint density at radius 1 is 1.19 bits per heavy atom. The minimum Gasteiger partial charge on any atom is -0.508 e. The lowest BCUT2D eigenvalue weighted by molar-refractivity contribution is -0.162. The number of imidazole rings is 1. The number of aliphatic hydroxyl groups is 2. The Morgan fingerprint density at radius 2 is 1.95 bits per heavy atom. The SMILES string of the molecule is CC1=C(O)[C@@](CNc2csc(-c3nncn3C(C)C(F)(F)F)n2)(n2cnc(C3CC3)c2)C(CO)(N2CCCCC2)C=N1. The molecule has 0 spiro atoms. The maximum atomic E-state index is 13.5. The molecule has 3 aromatic rings. The third-order valence-corrected chi connectivity index (χ3v) is 9.65. The Morgan fingerprint density at radius 3 is 2.64 bits per heavy atom. The molecule has 1 aliphatic carbocycles. The molecule has 0 amide bonds. The summed E-state index contributed by atoms with van der Waals surface area (Å²) >= 11 is 1.14. The highest BCUT2D eigenvalue weighted by Crippen LogP contribution is 2.46. The van der Waals surface area contributed by atoms with Crippen molar-refractivity contribution in [3.8, 4) is 10.8 Å². The molecule has 0 bridgehead atoms. The van der Waals surface area contributed by atoms with Crippen LogP contribution in [0.3, 0.4) is 0 Å². The molecular weight excluding hydrogens is 571 g/mol. The van der Waals surface area contributed by atoms with Gasteiger partial charge in [0.25, 0.3) is 0 Å². The van der Waals surface area contributed by atoms with E-state index in [0.717, 1.165) is 80.0 Å². The lowest BCUT2D eigenvalue weighted by Crippen LogP contribution is -2.72. The highest BCUT2D eigenvalue weighted by atomic mass is 32.1. The van der Waals surface area contributed by atoms with Crippen molar-refractivity contribution in [2.24, 2.45) is 4.99 Å². The van der Waals surface area contributed by atoms with Crippen LogP contribution in [0.4, 0.5) is 19.0 Å². The molecule has 5 heterocycles. The van der Waals surface area contributed by atoms with Crippen molar-refractivity contribution in [2.45, 2.75) is 75.2 Å². The van der Waals surface area contributed by atoms with Gasteiger partial charge >= 0.3 is 6.18 Å². The normalized spacial score (nSPS) is 26.1. The van der Waals surface area contributed by atoms with Crippen molar-refractivity contribution in [3.63, 3.8) is 0 Å². The molecule has 3 atom stereocenters. The number of hydrogen-bond acceptors (Lipinski definition) is 10. The van der Waals surface area contributed by atoms with E-state index in [2.05, 4.69) is 35.4 Å². The first-order valence-corrected chi connectivity index (χ1v) is 15.0. The average Bonchev–Trinajstić information content (AvgIpc) is 3.34. The van der Waals surface area contributed by atoms with E-state index in [1.165, 1.54) is 0 Å². The summed E-state index contributed by atoms with van der Waals surface area (Å²) in [6, 6.07) is -1.82. The van der Waals surface area contributed by atoms with E-state index in [4.69, 9.17) is 0 Å². The minimum atomic E-state index is -4.47. The van der Waals surface area contributed by atoms with E-state index < -0.39 is 23.3 Å². The van der Waals surface area contributed by atoms with Gasteiger partial charge in [-0.2, -0.15) is 13.2 Å². The molecule has 15 heteroatoms. The fourth-order valence-electron chi connectivity index (χ4n) is 6.11.